The molecule has 0 saturated carbocycles. The van der Waals surface area contributed by atoms with Crippen LogP contribution in [0.2, 0.25) is 5.02 Å². The molecule has 0 aliphatic heterocycles. The van der Waals surface area contributed by atoms with Gasteiger partial charge in [0.2, 0.25) is 0 Å². The summed E-state index contributed by atoms with van der Waals surface area (Å²) in [6.07, 6.45) is 0. The van der Waals surface area contributed by atoms with Crippen LogP contribution < -0.4 is 5.32 Å². The number of benzene rings is 2. The zero-order chi connectivity index (χ0) is 13.1. The lowest BCUT2D eigenvalue weighted by Crippen LogP contribution is -2.06. The van der Waals surface area contributed by atoms with Crippen molar-refractivity contribution in [1.82, 2.24) is 0 Å². The Bertz CT molecular complexity index is 542. The normalized spacial score (nSPS) is 12.2. The molecule has 2 aromatic rings. The van der Waals surface area contributed by atoms with Crippen LogP contribution >= 0.6 is 50.1 Å². The van der Waals surface area contributed by atoms with Crippen molar-refractivity contribution in [2.24, 2.45) is 0 Å². The Labute approximate surface area is 134 Å². The van der Waals surface area contributed by atoms with Gasteiger partial charge < -0.3 is 5.32 Å². The smallest absolute Gasteiger partial charge is 0.0568 e. The standard InChI is InChI=1S/C14H12BrClIN/c1-9(10-2-4-11(17)5-3-10)18-12-6-7-13(15)14(16)8-12/h2-9,18H,1H3. The number of rotatable bonds is 3. The summed E-state index contributed by atoms with van der Waals surface area (Å²) in [4.78, 5) is 0. The summed E-state index contributed by atoms with van der Waals surface area (Å²) in [7, 11) is 0. The number of hydrogen-bond donors (Lipinski definition) is 1. The van der Waals surface area contributed by atoms with Crippen molar-refractivity contribution in [3.63, 3.8) is 0 Å². The third kappa shape index (κ3) is 3.62. The molecule has 1 atom stereocenters. The molecule has 0 aliphatic rings. The Morgan fingerprint density at radius 3 is 2.44 bits per heavy atom. The summed E-state index contributed by atoms with van der Waals surface area (Å²) in [6, 6.07) is 14.6. The fourth-order valence-corrected chi connectivity index (χ4v) is 2.46. The van der Waals surface area contributed by atoms with Crippen LogP contribution in [0.25, 0.3) is 0 Å². The van der Waals surface area contributed by atoms with Crippen LogP contribution in [0.5, 0.6) is 0 Å². The van der Waals surface area contributed by atoms with Crippen LogP contribution in [-0.4, -0.2) is 0 Å². The first-order chi connectivity index (χ1) is 8.56. The number of halogens is 3. The maximum absolute atomic E-state index is 6.08. The molecule has 0 saturated heterocycles. The zero-order valence-corrected chi connectivity index (χ0v) is 14.3. The minimum absolute atomic E-state index is 0.249. The molecule has 0 amide bonds. The second-order valence-electron chi connectivity index (χ2n) is 4.05. The van der Waals surface area contributed by atoms with Crippen molar-refractivity contribution in [3.8, 4) is 0 Å². The van der Waals surface area contributed by atoms with E-state index >= 15 is 0 Å². The third-order valence-corrected chi connectivity index (χ3v) is 4.62. The summed E-state index contributed by atoms with van der Waals surface area (Å²) >= 11 is 11.8. The number of nitrogens with one attached hydrogen (secondary N) is 1. The number of hydrogen-bond acceptors (Lipinski definition) is 1. The Balaban J connectivity index is 2.13. The summed E-state index contributed by atoms with van der Waals surface area (Å²) < 4.78 is 2.16. The van der Waals surface area contributed by atoms with E-state index in [4.69, 9.17) is 11.6 Å². The molecular weight excluding hydrogens is 424 g/mol. The van der Waals surface area contributed by atoms with E-state index in [1.54, 1.807) is 0 Å². The molecule has 2 aromatic carbocycles. The lowest BCUT2D eigenvalue weighted by atomic mass is 10.1. The SMILES string of the molecule is CC(Nc1ccc(Br)c(Cl)c1)c1ccc(I)cc1. The monoisotopic (exact) mass is 435 g/mol. The van der Waals surface area contributed by atoms with Crippen LogP contribution in [0.4, 0.5) is 5.69 Å². The van der Waals surface area contributed by atoms with Crippen molar-refractivity contribution in [1.29, 1.82) is 0 Å². The average Bonchev–Trinajstić information content (AvgIpc) is 2.34. The molecule has 0 aromatic heterocycles. The molecule has 0 spiro atoms. The second kappa shape index (κ2) is 6.26. The lowest BCUT2D eigenvalue weighted by Gasteiger charge is -2.16. The van der Waals surface area contributed by atoms with Gasteiger partial charge in [-0.2, -0.15) is 0 Å². The topological polar surface area (TPSA) is 12.0 Å². The quantitative estimate of drug-likeness (QED) is 0.593. The average molecular weight is 437 g/mol. The molecule has 0 aliphatic carbocycles. The first-order valence-electron chi connectivity index (χ1n) is 5.53. The summed E-state index contributed by atoms with van der Waals surface area (Å²) in [6.45, 7) is 2.14. The molecule has 1 nitrogen and oxygen atoms in total. The molecule has 0 heterocycles. The lowest BCUT2D eigenvalue weighted by molar-refractivity contribution is 0.884. The van der Waals surface area contributed by atoms with Gasteiger partial charge in [-0.05, 0) is 81.3 Å². The molecule has 1 N–H and O–H groups in total. The Hall–Kier alpha value is -0.260. The maximum Gasteiger partial charge on any atom is 0.0568 e. The molecular formula is C14H12BrClIN. The summed E-state index contributed by atoms with van der Waals surface area (Å²) in [5.74, 6) is 0. The molecule has 0 fully saturated rings. The molecule has 94 valence electrons. The third-order valence-electron chi connectivity index (χ3n) is 2.67. The van der Waals surface area contributed by atoms with Crippen molar-refractivity contribution in [2.75, 3.05) is 5.32 Å². The predicted molar refractivity (Wildman–Crippen MR) is 90.3 cm³/mol. The van der Waals surface area contributed by atoms with Crippen LogP contribution in [0.3, 0.4) is 0 Å². The van der Waals surface area contributed by atoms with Gasteiger partial charge in [0, 0.05) is 19.8 Å². The Morgan fingerprint density at radius 1 is 1.17 bits per heavy atom. The minimum atomic E-state index is 0.249. The highest BCUT2D eigenvalue weighted by atomic mass is 127. The Kier molecular flexibility index (Phi) is 4.92. The molecule has 4 heteroatoms. The summed E-state index contributed by atoms with van der Waals surface area (Å²) in [5, 5.41) is 4.16. The maximum atomic E-state index is 6.08. The van der Waals surface area contributed by atoms with Gasteiger partial charge in [-0.25, -0.2) is 0 Å². The van der Waals surface area contributed by atoms with Crippen LogP contribution in [-0.2, 0) is 0 Å². The van der Waals surface area contributed by atoms with E-state index < -0.39 is 0 Å². The van der Waals surface area contributed by atoms with Gasteiger partial charge in [0.05, 0.1) is 5.02 Å². The van der Waals surface area contributed by atoms with E-state index in [2.05, 4.69) is 75.0 Å². The van der Waals surface area contributed by atoms with Crippen molar-refractivity contribution in [3.05, 3.63) is 61.1 Å². The fraction of sp³-hybridized carbons (Fsp3) is 0.143. The van der Waals surface area contributed by atoms with Crippen molar-refractivity contribution in [2.45, 2.75) is 13.0 Å². The van der Waals surface area contributed by atoms with Gasteiger partial charge in [0.1, 0.15) is 0 Å². The van der Waals surface area contributed by atoms with E-state index in [1.807, 2.05) is 18.2 Å². The van der Waals surface area contributed by atoms with Crippen molar-refractivity contribution < 1.29 is 0 Å². The number of anilines is 1. The Morgan fingerprint density at radius 2 is 1.83 bits per heavy atom. The van der Waals surface area contributed by atoms with Gasteiger partial charge >= 0.3 is 0 Å². The second-order valence-corrected chi connectivity index (χ2v) is 6.55. The van der Waals surface area contributed by atoms with E-state index in [9.17, 15) is 0 Å². The van der Waals surface area contributed by atoms with Gasteiger partial charge in [-0.3, -0.25) is 0 Å². The van der Waals surface area contributed by atoms with Gasteiger partial charge in [-0.15, -0.1) is 0 Å². The highest BCUT2D eigenvalue weighted by molar-refractivity contribution is 14.1. The zero-order valence-electron chi connectivity index (χ0n) is 9.75. The summed E-state index contributed by atoms with van der Waals surface area (Å²) in [5.41, 5.74) is 2.28. The molecule has 1 unspecified atom stereocenters. The predicted octanol–water partition coefficient (Wildman–Crippen LogP) is 5.88. The van der Waals surface area contributed by atoms with E-state index in [0.717, 1.165) is 15.2 Å². The highest BCUT2D eigenvalue weighted by Crippen LogP contribution is 2.27. The van der Waals surface area contributed by atoms with Gasteiger partial charge in [0.15, 0.2) is 0 Å². The van der Waals surface area contributed by atoms with E-state index in [-0.39, 0.29) is 6.04 Å². The van der Waals surface area contributed by atoms with E-state index in [0.29, 0.717) is 0 Å². The van der Waals surface area contributed by atoms with Gasteiger partial charge in [0.25, 0.3) is 0 Å². The van der Waals surface area contributed by atoms with E-state index in [1.165, 1.54) is 9.13 Å². The molecule has 2 rings (SSSR count). The van der Waals surface area contributed by atoms with Crippen molar-refractivity contribution >= 4 is 55.8 Å². The minimum Gasteiger partial charge on any atom is -0.378 e. The van der Waals surface area contributed by atoms with Gasteiger partial charge in [-0.1, -0.05) is 23.7 Å². The van der Waals surface area contributed by atoms with Crippen LogP contribution in [0.15, 0.2) is 46.9 Å². The largest absolute Gasteiger partial charge is 0.378 e. The molecule has 0 bridgehead atoms. The molecule has 18 heavy (non-hydrogen) atoms. The fourth-order valence-electron chi connectivity index (χ4n) is 1.67. The molecule has 0 radical (unpaired) electrons. The first-order valence-corrected chi connectivity index (χ1v) is 7.78. The van der Waals surface area contributed by atoms with Crippen LogP contribution in [0, 0.1) is 3.57 Å². The highest BCUT2D eigenvalue weighted by Gasteiger charge is 2.06. The first kappa shape index (κ1) is 14.2. The van der Waals surface area contributed by atoms with Crippen LogP contribution in [0.1, 0.15) is 18.5 Å².